The largest absolute Gasteiger partial charge is 0.354 e. The zero-order valence-corrected chi connectivity index (χ0v) is 36.5. The van der Waals surface area contributed by atoms with Gasteiger partial charge in [0, 0.05) is 44.3 Å². The Bertz CT molecular complexity index is 3120. The minimum Gasteiger partial charge on any atom is -0.354 e. The van der Waals surface area contributed by atoms with Crippen LogP contribution in [-0.2, 0) is 0 Å². The first-order valence-corrected chi connectivity index (χ1v) is 20.5. The van der Waals surface area contributed by atoms with Crippen LogP contribution in [0.2, 0.25) is 0 Å². The van der Waals surface area contributed by atoms with Crippen LogP contribution in [0.3, 0.4) is 0 Å². The Labute approximate surface area is 366 Å². The first-order valence-electron chi connectivity index (χ1n) is 24.5. The molecule has 298 valence electrons. The summed E-state index contributed by atoms with van der Waals surface area (Å²) in [4.78, 5) is 17.6. The molecule has 0 unspecified atom stereocenters. The highest BCUT2D eigenvalue weighted by atomic mass is 14.8. The first kappa shape index (κ1) is 30.5. The minimum atomic E-state index is -0.202. The number of aromatic nitrogens is 4. The van der Waals surface area contributed by atoms with E-state index in [0.29, 0.717) is 44.5 Å². The lowest BCUT2D eigenvalue weighted by Gasteiger charge is -2.15. The van der Waals surface area contributed by atoms with Crippen LogP contribution in [0, 0.1) is 83.1 Å². The number of hydrogen-bond donors (Lipinski definition) is 2. The van der Waals surface area contributed by atoms with Gasteiger partial charge in [0.05, 0.1) is 33.7 Å². The molecular formula is C56H54N4. The van der Waals surface area contributed by atoms with Crippen molar-refractivity contribution in [3.8, 4) is 44.5 Å². The lowest BCUT2D eigenvalue weighted by Crippen LogP contribution is -1.96. The standard InChI is InChI=1S/C56H54N4/c1-29-21-33(5)49(34(6)22-29)53-41-13-15-43(57-41)54(50-35(7)23-30(2)24-36(50)8)45-17-19-47(59-45)56(52-39(11)27-32(4)28-40(52)12)48-20-18-46(60-48)55(44-16-14-42(53)58-44)51-37(9)25-31(3)26-38(51)10/h13-28,57,60H,1-12H3/i13D,14D,15D,16D,17D,18D,19D,20D. The molecule has 0 spiro atoms. The summed E-state index contributed by atoms with van der Waals surface area (Å²) in [6, 6.07) is 14.7. The first-order chi connectivity index (χ1) is 32.0. The average Bonchev–Trinajstić information content (AvgIpc) is 3.90. The number of rotatable bonds is 4. The third-order valence-corrected chi connectivity index (χ3v) is 11.8. The molecular weight excluding hydrogens is 729 g/mol. The van der Waals surface area contributed by atoms with Gasteiger partial charge in [-0.05, 0) is 198 Å². The molecule has 3 aromatic heterocycles. The molecule has 2 N–H and O–H groups in total. The van der Waals surface area contributed by atoms with Gasteiger partial charge in [-0.3, -0.25) is 0 Å². The Kier molecular flexibility index (Phi) is 7.44. The van der Waals surface area contributed by atoms with Crippen molar-refractivity contribution in [2.75, 3.05) is 0 Å². The maximum atomic E-state index is 9.85. The maximum absolute atomic E-state index is 9.85. The summed E-state index contributed by atoms with van der Waals surface area (Å²) in [6.45, 7) is 23.7. The SMILES string of the molecule is [2H]C1=C([2H])c2nc1c(-c1c(C)cc(C)cc1C)c1[nH]c(c([2H])c1[2H])c(-c1c(C)cc(C)cc1C)c1nc(c(-c3c(C)cc(C)cc3C)c3[nH]c(c([2H])c3[2H])c2-c2c(C)cc(C)cc2C)C([2H])=C1[2H]. The van der Waals surface area contributed by atoms with Crippen LogP contribution in [0.25, 0.3) is 90.8 Å². The number of nitrogens with one attached hydrogen (secondary N) is 2. The Hall–Kier alpha value is -6.52. The molecule has 0 saturated carbocycles. The number of H-pyrrole nitrogens is 2. The summed E-state index contributed by atoms with van der Waals surface area (Å²) >= 11 is 0. The number of aryl methyl sites for hydroxylation is 12. The van der Waals surface area contributed by atoms with Gasteiger partial charge < -0.3 is 9.97 Å². The molecule has 5 heterocycles. The van der Waals surface area contributed by atoms with Crippen molar-refractivity contribution >= 4 is 46.3 Å². The van der Waals surface area contributed by atoms with Crippen LogP contribution < -0.4 is 0 Å². The van der Waals surface area contributed by atoms with E-state index in [0.717, 1.165) is 66.8 Å². The molecule has 2 aliphatic rings. The van der Waals surface area contributed by atoms with Crippen molar-refractivity contribution in [1.82, 2.24) is 19.9 Å². The van der Waals surface area contributed by atoms with Gasteiger partial charge in [0.2, 0.25) is 0 Å². The molecule has 2 aliphatic heterocycles. The topological polar surface area (TPSA) is 57.4 Å². The second-order valence-electron chi connectivity index (χ2n) is 17.0. The van der Waals surface area contributed by atoms with Crippen molar-refractivity contribution in [2.45, 2.75) is 83.1 Å². The van der Waals surface area contributed by atoms with Gasteiger partial charge in [0.25, 0.3) is 0 Å². The van der Waals surface area contributed by atoms with Gasteiger partial charge in [-0.15, -0.1) is 0 Å². The molecule has 0 fully saturated rings. The zero-order valence-electron chi connectivity index (χ0n) is 44.5. The van der Waals surface area contributed by atoms with Gasteiger partial charge in [-0.2, -0.15) is 0 Å². The fraction of sp³-hybridized carbons (Fsp3) is 0.214. The van der Waals surface area contributed by atoms with Crippen LogP contribution in [0.5, 0.6) is 0 Å². The highest BCUT2D eigenvalue weighted by Crippen LogP contribution is 2.43. The van der Waals surface area contributed by atoms with Crippen LogP contribution in [0.1, 0.15) is 101 Å². The molecule has 0 saturated heterocycles. The number of benzene rings is 4. The van der Waals surface area contributed by atoms with Gasteiger partial charge in [-0.25, -0.2) is 9.97 Å². The van der Waals surface area contributed by atoms with Crippen LogP contribution in [0.4, 0.5) is 0 Å². The molecule has 4 heteroatoms. The van der Waals surface area contributed by atoms with Crippen molar-refractivity contribution < 1.29 is 11.0 Å². The van der Waals surface area contributed by atoms with E-state index in [1.807, 2.05) is 132 Å². The zero-order chi connectivity index (χ0) is 49.3. The lowest BCUT2D eigenvalue weighted by atomic mass is 9.92. The number of fused-ring (bicyclic) bond motifs is 8. The highest BCUT2D eigenvalue weighted by Gasteiger charge is 2.23. The summed E-state index contributed by atoms with van der Waals surface area (Å²) in [5.41, 5.74) is 16.2. The molecule has 4 aromatic carbocycles. The average molecular weight is 791 g/mol. The van der Waals surface area contributed by atoms with Crippen molar-refractivity contribution in [1.29, 1.82) is 0 Å². The highest BCUT2D eigenvalue weighted by molar-refractivity contribution is 6.02. The third kappa shape index (κ3) is 6.55. The van der Waals surface area contributed by atoms with Gasteiger partial charge >= 0.3 is 0 Å². The van der Waals surface area contributed by atoms with Gasteiger partial charge in [0.1, 0.15) is 0 Å². The third-order valence-electron chi connectivity index (χ3n) is 11.8. The normalized spacial score (nSPS) is 14.7. The van der Waals surface area contributed by atoms with E-state index in [1.165, 1.54) is 0 Å². The van der Waals surface area contributed by atoms with Crippen molar-refractivity contribution in [3.63, 3.8) is 0 Å². The predicted octanol–water partition coefficient (Wildman–Crippen LogP) is 15.0. The Balaban J connectivity index is 1.70. The van der Waals surface area contributed by atoms with E-state index in [1.54, 1.807) is 0 Å². The molecule has 0 amide bonds. The van der Waals surface area contributed by atoms with Crippen LogP contribution >= 0.6 is 0 Å². The second-order valence-corrected chi connectivity index (χ2v) is 17.0. The minimum absolute atomic E-state index is 0.114. The summed E-state index contributed by atoms with van der Waals surface area (Å²) in [6.07, 6.45) is 0. The predicted molar refractivity (Wildman–Crippen MR) is 257 cm³/mol. The van der Waals surface area contributed by atoms with E-state index in [4.69, 9.17) is 9.97 Å². The van der Waals surface area contributed by atoms with Crippen LogP contribution in [0.15, 0.2) is 72.7 Å². The summed E-state index contributed by atoms with van der Waals surface area (Å²) in [7, 11) is 0. The Morgan fingerprint density at radius 1 is 0.300 bits per heavy atom. The van der Waals surface area contributed by atoms with Gasteiger partial charge in [0.15, 0.2) is 0 Å². The van der Waals surface area contributed by atoms with Crippen molar-refractivity contribution in [2.24, 2.45) is 0 Å². The quantitative estimate of drug-likeness (QED) is 0.187. The summed E-state index contributed by atoms with van der Waals surface area (Å²) in [5, 5.41) is 0. The maximum Gasteiger partial charge on any atom is 0.0737 e. The fourth-order valence-corrected chi connectivity index (χ4v) is 9.92. The van der Waals surface area contributed by atoms with E-state index >= 15 is 0 Å². The molecule has 0 atom stereocenters. The molecule has 0 aliphatic carbocycles. The van der Waals surface area contributed by atoms with Crippen LogP contribution in [-0.4, -0.2) is 19.9 Å². The Morgan fingerprint density at radius 3 is 0.667 bits per heavy atom. The number of nitrogens with zero attached hydrogens (tertiary/aromatic N) is 2. The van der Waals surface area contributed by atoms with Crippen molar-refractivity contribution in [3.05, 3.63) is 162 Å². The smallest absolute Gasteiger partial charge is 0.0737 e. The van der Waals surface area contributed by atoms with E-state index in [2.05, 4.69) is 9.97 Å². The summed E-state index contributed by atoms with van der Waals surface area (Å²) in [5.74, 6) is 0. The molecule has 9 rings (SSSR count). The molecule has 0 radical (unpaired) electrons. The van der Waals surface area contributed by atoms with Gasteiger partial charge in [-0.1, -0.05) is 70.8 Å². The second kappa shape index (κ2) is 14.6. The molecule has 4 nitrogen and oxygen atoms in total. The molecule has 60 heavy (non-hydrogen) atoms. The monoisotopic (exact) mass is 790 g/mol. The molecule has 8 bridgehead atoms. The fourth-order valence-electron chi connectivity index (χ4n) is 9.92. The molecule has 7 aromatic rings. The number of hydrogen-bond acceptors (Lipinski definition) is 2. The number of aromatic amines is 2. The Morgan fingerprint density at radius 2 is 0.483 bits per heavy atom. The van der Waals surface area contributed by atoms with E-state index < -0.39 is 0 Å². The van der Waals surface area contributed by atoms with E-state index in [9.17, 15) is 11.0 Å². The van der Waals surface area contributed by atoms with E-state index in [-0.39, 0.29) is 93.2 Å². The lowest BCUT2D eigenvalue weighted by molar-refractivity contribution is 1.27. The summed E-state index contributed by atoms with van der Waals surface area (Å²) < 4.78 is 78.8.